The van der Waals surface area contributed by atoms with E-state index in [0.29, 0.717) is 6.54 Å². The number of hydrogen-bond acceptors (Lipinski definition) is 3. The first kappa shape index (κ1) is 9.48. The van der Waals surface area contributed by atoms with E-state index in [9.17, 15) is 4.79 Å². The van der Waals surface area contributed by atoms with Crippen molar-refractivity contribution in [3.63, 3.8) is 0 Å². The third-order valence-electron chi connectivity index (χ3n) is 2.17. The van der Waals surface area contributed by atoms with Gasteiger partial charge in [0.15, 0.2) is 0 Å². The van der Waals surface area contributed by atoms with E-state index in [4.69, 9.17) is 10.2 Å². The normalized spacial score (nSPS) is 21.8. The van der Waals surface area contributed by atoms with E-state index >= 15 is 0 Å². The zero-order valence-electron chi connectivity index (χ0n) is 7.21. The topological polar surface area (TPSA) is 69.6 Å². The van der Waals surface area contributed by atoms with Crippen molar-refractivity contribution >= 4 is 5.97 Å². The lowest BCUT2D eigenvalue weighted by Crippen LogP contribution is -2.36. The van der Waals surface area contributed by atoms with Crippen molar-refractivity contribution in [3.8, 4) is 0 Å². The number of aliphatic hydroxyl groups is 1. The zero-order valence-corrected chi connectivity index (χ0v) is 7.21. The second-order valence-electron chi connectivity index (χ2n) is 3.69. The lowest BCUT2D eigenvalue weighted by Gasteiger charge is -2.14. The predicted octanol–water partition coefficient (Wildman–Crippen LogP) is -0.0359. The van der Waals surface area contributed by atoms with E-state index in [1.165, 1.54) is 0 Å². The van der Waals surface area contributed by atoms with Crippen molar-refractivity contribution in [1.82, 2.24) is 5.32 Å². The van der Waals surface area contributed by atoms with Gasteiger partial charge in [-0.2, -0.15) is 0 Å². The Morgan fingerprint density at radius 1 is 1.67 bits per heavy atom. The average Bonchev–Trinajstić information content (AvgIpc) is 2.64. The number of carboxylic acid groups (broad SMARTS) is 1. The molecule has 0 aromatic rings. The quantitative estimate of drug-likeness (QED) is 0.546. The first-order valence-electron chi connectivity index (χ1n) is 4.17. The molecule has 1 aliphatic rings. The highest BCUT2D eigenvalue weighted by Gasteiger charge is 2.36. The van der Waals surface area contributed by atoms with Crippen LogP contribution in [0.2, 0.25) is 0 Å². The summed E-state index contributed by atoms with van der Waals surface area (Å²) in [4.78, 5) is 10.2. The molecular weight excluding hydrogens is 158 g/mol. The Morgan fingerprint density at radius 3 is 2.67 bits per heavy atom. The van der Waals surface area contributed by atoms with Gasteiger partial charge in [0.25, 0.3) is 0 Å². The van der Waals surface area contributed by atoms with Crippen LogP contribution in [0.3, 0.4) is 0 Å². The highest BCUT2D eigenvalue weighted by atomic mass is 16.4. The monoisotopic (exact) mass is 173 g/mol. The van der Waals surface area contributed by atoms with Crippen LogP contribution in [-0.4, -0.2) is 34.4 Å². The summed E-state index contributed by atoms with van der Waals surface area (Å²) in [5.74, 6) is -0.953. The van der Waals surface area contributed by atoms with E-state index < -0.39 is 12.1 Å². The fraction of sp³-hybridized carbons (Fsp3) is 0.875. The van der Waals surface area contributed by atoms with Gasteiger partial charge >= 0.3 is 5.97 Å². The third kappa shape index (κ3) is 3.19. The number of rotatable bonds is 5. The molecule has 0 spiro atoms. The van der Waals surface area contributed by atoms with Gasteiger partial charge < -0.3 is 15.5 Å². The molecule has 1 unspecified atom stereocenters. The highest BCUT2D eigenvalue weighted by Crippen LogP contribution is 2.33. The van der Waals surface area contributed by atoms with Crippen molar-refractivity contribution in [2.75, 3.05) is 6.54 Å². The smallest absolute Gasteiger partial charge is 0.306 e. The molecule has 70 valence electrons. The van der Waals surface area contributed by atoms with Crippen LogP contribution in [0.5, 0.6) is 0 Å². The summed E-state index contributed by atoms with van der Waals surface area (Å²) >= 11 is 0. The van der Waals surface area contributed by atoms with E-state index in [0.717, 1.165) is 12.8 Å². The Bertz CT molecular complexity index is 177. The maximum atomic E-state index is 10.2. The Balaban J connectivity index is 2.09. The fourth-order valence-electron chi connectivity index (χ4n) is 1.00. The summed E-state index contributed by atoms with van der Waals surface area (Å²) in [5, 5.41) is 20.6. The molecule has 1 atom stereocenters. The van der Waals surface area contributed by atoms with Crippen LogP contribution in [0.1, 0.15) is 26.2 Å². The Hall–Kier alpha value is -0.610. The van der Waals surface area contributed by atoms with E-state index in [-0.39, 0.29) is 12.0 Å². The summed E-state index contributed by atoms with van der Waals surface area (Å²) in [6.45, 7) is 2.45. The number of nitrogens with one attached hydrogen (secondary N) is 1. The maximum Gasteiger partial charge on any atom is 0.306 e. The molecule has 4 nitrogen and oxygen atoms in total. The molecule has 0 aliphatic heterocycles. The van der Waals surface area contributed by atoms with Crippen LogP contribution in [0.15, 0.2) is 0 Å². The van der Waals surface area contributed by atoms with Gasteiger partial charge in [-0.1, -0.05) is 0 Å². The van der Waals surface area contributed by atoms with Gasteiger partial charge in [-0.3, -0.25) is 4.79 Å². The molecule has 0 bridgehead atoms. The van der Waals surface area contributed by atoms with Gasteiger partial charge in [0.05, 0.1) is 12.5 Å². The highest BCUT2D eigenvalue weighted by molar-refractivity contribution is 5.67. The SMILES string of the molecule is CC1(NCC(O)CC(=O)O)CC1. The van der Waals surface area contributed by atoms with Gasteiger partial charge in [0, 0.05) is 12.1 Å². The van der Waals surface area contributed by atoms with E-state index in [1.54, 1.807) is 0 Å². The number of carbonyl (C=O) groups is 1. The number of aliphatic hydroxyl groups excluding tert-OH is 1. The molecular formula is C8H15NO3. The lowest BCUT2D eigenvalue weighted by molar-refractivity contribution is -0.139. The Labute approximate surface area is 71.6 Å². The molecule has 0 amide bonds. The molecule has 12 heavy (non-hydrogen) atoms. The van der Waals surface area contributed by atoms with Crippen LogP contribution in [-0.2, 0) is 4.79 Å². The maximum absolute atomic E-state index is 10.2. The van der Waals surface area contributed by atoms with Crippen LogP contribution in [0.25, 0.3) is 0 Å². The number of hydrogen-bond donors (Lipinski definition) is 3. The molecule has 3 N–H and O–H groups in total. The molecule has 0 radical (unpaired) electrons. The van der Waals surface area contributed by atoms with Crippen molar-refractivity contribution in [3.05, 3.63) is 0 Å². The second kappa shape index (κ2) is 3.41. The summed E-state index contributed by atoms with van der Waals surface area (Å²) in [5.41, 5.74) is 0.166. The molecule has 1 saturated carbocycles. The van der Waals surface area contributed by atoms with Crippen molar-refractivity contribution in [2.24, 2.45) is 0 Å². The minimum atomic E-state index is -0.953. The summed E-state index contributed by atoms with van der Waals surface area (Å²) < 4.78 is 0. The number of aliphatic carboxylic acids is 1. The average molecular weight is 173 g/mol. The molecule has 1 rings (SSSR count). The Morgan fingerprint density at radius 2 is 2.25 bits per heavy atom. The molecule has 1 fully saturated rings. The van der Waals surface area contributed by atoms with Crippen LogP contribution >= 0.6 is 0 Å². The third-order valence-corrected chi connectivity index (χ3v) is 2.17. The summed E-state index contributed by atoms with van der Waals surface area (Å²) in [6, 6.07) is 0. The van der Waals surface area contributed by atoms with Gasteiger partial charge in [0.1, 0.15) is 0 Å². The van der Waals surface area contributed by atoms with Crippen LogP contribution in [0.4, 0.5) is 0 Å². The summed E-state index contributed by atoms with van der Waals surface area (Å²) in [6.07, 6.45) is 1.29. The number of carboxylic acids is 1. The Kier molecular flexibility index (Phi) is 2.69. The van der Waals surface area contributed by atoms with E-state index in [1.807, 2.05) is 0 Å². The van der Waals surface area contributed by atoms with Crippen molar-refractivity contribution in [1.29, 1.82) is 0 Å². The molecule has 4 heteroatoms. The van der Waals surface area contributed by atoms with Crippen molar-refractivity contribution in [2.45, 2.75) is 37.8 Å². The largest absolute Gasteiger partial charge is 0.481 e. The predicted molar refractivity (Wildman–Crippen MR) is 43.9 cm³/mol. The summed E-state index contributed by atoms with van der Waals surface area (Å²) in [7, 11) is 0. The van der Waals surface area contributed by atoms with Crippen molar-refractivity contribution < 1.29 is 15.0 Å². The zero-order chi connectivity index (χ0) is 9.19. The molecule has 0 saturated heterocycles. The fourth-order valence-corrected chi connectivity index (χ4v) is 1.00. The lowest BCUT2D eigenvalue weighted by atomic mass is 10.2. The first-order chi connectivity index (χ1) is 5.52. The van der Waals surface area contributed by atoms with E-state index in [2.05, 4.69) is 12.2 Å². The van der Waals surface area contributed by atoms with Gasteiger partial charge in [0.2, 0.25) is 0 Å². The second-order valence-corrected chi connectivity index (χ2v) is 3.69. The van der Waals surface area contributed by atoms with Gasteiger partial charge in [-0.05, 0) is 19.8 Å². The van der Waals surface area contributed by atoms with Crippen LogP contribution in [0, 0.1) is 0 Å². The minimum absolute atomic E-state index is 0.166. The molecule has 1 aliphatic carbocycles. The van der Waals surface area contributed by atoms with Gasteiger partial charge in [-0.15, -0.1) is 0 Å². The molecule has 0 aromatic heterocycles. The van der Waals surface area contributed by atoms with Crippen LogP contribution < -0.4 is 5.32 Å². The minimum Gasteiger partial charge on any atom is -0.481 e. The van der Waals surface area contributed by atoms with Gasteiger partial charge in [-0.25, -0.2) is 0 Å². The number of β-amino-alcohol motifs (C(OH)–C–C–N with tert-alkyl or cyclic N) is 1. The first-order valence-corrected chi connectivity index (χ1v) is 4.17. The molecule has 0 heterocycles. The molecule has 0 aromatic carbocycles. The standard InChI is InChI=1S/C8H15NO3/c1-8(2-3-8)9-5-6(10)4-7(11)12/h6,9-10H,2-5H2,1H3,(H,11,12).